The Bertz CT molecular complexity index is 821. The number of hydrogen-bond acceptors (Lipinski definition) is 1. The number of rotatable bonds is 3. The van der Waals surface area contributed by atoms with Gasteiger partial charge < -0.3 is 9.85 Å². The van der Waals surface area contributed by atoms with Gasteiger partial charge in [0.05, 0.1) is 28.7 Å². The van der Waals surface area contributed by atoms with Crippen molar-refractivity contribution in [2.75, 3.05) is 20.5 Å². The second kappa shape index (κ2) is 6.07. The Balaban J connectivity index is 2.00. The van der Waals surface area contributed by atoms with Crippen molar-refractivity contribution in [1.82, 2.24) is 0 Å². The van der Waals surface area contributed by atoms with E-state index < -0.39 is 25.1 Å². The number of benzene rings is 2. The van der Waals surface area contributed by atoms with Gasteiger partial charge in [-0.05, 0) is 40.7 Å². The molecule has 0 saturated heterocycles. The SMILES string of the molecule is [2H]C([2H])([2H])[N+]([O-])(CCC=C1c2ccccc2CCc2ccccc21)C([2H])([2H])[2H]. The van der Waals surface area contributed by atoms with Crippen LogP contribution >= 0.6 is 0 Å². The fraction of sp³-hybridized carbons (Fsp3) is 0.300. The largest absolute Gasteiger partial charge is 0.633 e. The predicted molar refractivity (Wildman–Crippen MR) is 92.3 cm³/mol. The zero-order valence-corrected chi connectivity index (χ0v) is 12.4. The molecule has 114 valence electrons. The molecule has 0 radical (unpaired) electrons. The Morgan fingerprint density at radius 3 is 2.09 bits per heavy atom. The first-order chi connectivity index (χ1) is 13.0. The molecule has 0 aromatic heterocycles. The minimum Gasteiger partial charge on any atom is -0.633 e. The van der Waals surface area contributed by atoms with E-state index in [9.17, 15) is 5.21 Å². The first kappa shape index (κ1) is 9.29. The molecule has 22 heavy (non-hydrogen) atoms. The minimum absolute atomic E-state index is 0.0539. The maximum atomic E-state index is 12.7. The number of aryl methyl sites for hydroxylation is 2. The van der Waals surface area contributed by atoms with Crippen molar-refractivity contribution in [3.05, 3.63) is 82.1 Å². The zero-order chi connectivity index (χ0) is 20.6. The van der Waals surface area contributed by atoms with Crippen LogP contribution in [0.3, 0.4) is 0 Å². The van der Waals surface area contributed by atoms with E-state index in [-0.39, 0.29) is 6.42 Å². The molecule has 0 unspecified atom stereocenters. The topological polar surface area (TPSA) is 23.1 Å². The molecule has 0 amide bonds. The van der Waals surface area contributed by atoms with E-state index in [1.165, 1.54) is 11.1 Å². The van der Waals surface area contributed by atoms with Crippen LogP contribution in [0.5, 0.6) is 0 Å². The summed E-state index contributed by atoms with van der Waals surface area (Å²) in [5.74, 6) is 0. The number of nitrogens with zero attached hydrogens (tertiary/aromatic N) is 1. The average Bonchev–Trinajstić information content (AvgIpc) is 2.77. The van der Waals surface area contributed by atoms with Crippen molar-refractivity contribution in [3.63, 3.8) is 0 Å². The lowest BCUT2D eigenvalue weighted by Gasteiger charge is -2.33. The second-order valence-electron chi connectivity index (χ2n) is 5.68. The first-order valence-electron chi connectivity index (χ1n) is 10.5. The third-order valence-electron chi connectivity index (χ3n) is 4.07. The van der Waals surface area contributed by atoms with Gasteiger partial charge in [0.2, 0.25) is 0 Å². The van der Waals surface area contributed by atoms with Crippen molar-refractivity contribution < 1.29 is 12.9 Å². The molecule has 1 aliphatic carbocycles. The van der Waals surface area contributed by atoms with Gasteiger partial charge >= 0.3 is 0 Å². The van der Waals surface area contributed by atoms with Gasteiger partial charge in [-0.25, -0.2) is 0 Å². The second-order valence-corrected chi connectivity index (χ2v) is 5.68. The highest BCUT2D eigenvalue weighted by atomic mass is 16.5. The Morgan fingerprint density at radius 2 is 1.55 bits per heavy atom. The van der Waals surface area contributed by atoms with Gasteiger partial charge in [-0.1, -0.05) is 54.6 Å². The normalized spacial score (nSPS) is 19.2. The number of hydrogen-bond donors (Lipinski definition) is 0. The van der Waals surface area contributed by atoms with E-state index in [0.717, 1.165) is 29.5 Å². The van der Waals surface area contributed by atoms with Crippen molar-refractivity contribution in [2.45, 2.75) is 19.3 Å². The maximum Gasteiger partial charge on any atom is 0.0890 e. The molecule has 2 nitrogen and oxygen atoms in total. The number of quaternary nitrogens is 1. The van der Waals surface area contributed by atoms with Crippen LogP contribution in [0.2, 0.25) is 0 Å². The molecule has 0 saturated carbocycles. The van der Waals surface area contributed by atoms with E-state index in [1.54, 1.807) is 0 Å². The smallest absolute Gasteiger partial charge is 0.0890 e. The highest BCUT2D eigenvalue weighted by molar-refractivity contribution is 5.83. The predicted octanol–water partition coefficient (Wildman–Crippen LogP) is 4.18. The van der Waals surface area contributed by atoms with Crippen molar-refractivity contribution >= 4 is 5.57 Å². The molecule has 3 rings (SSSR count). The van der Waals surface area contributed by atoms with Gasteiger partial charge in [0, 0.05) is 6.42 Å². The van der Waals surface area contributed by atoms with Crippen LogP contribution < -0.4 is 0 Å². The van der Waals surface area contributed by atoms with Crippen molar-refractivity contribution in [2.24, 2.45) is 0 Å². The molecular formula is C20H23NO. The lowest BCUT2D eigenvalue weighted by molar-refractivity contribution is -0.839. The van der Waals surface area contributed by atoms with Gasteiger partial charge in [-0.2, -0.15) is 0 Å². The van der Waals surface area contributed by atoms with Crippen molar-refractivity contribution in [1.29, 1.82) is 0 Å². The lowest BCUT2D eigenvalue weighted by atomic mass is 9.93. The number of fused-ring (bicyclic) bond motifs is 2. The van der Waals surface area contributed by atoms with Gasteiger partial charge in [0.15, 0.2) is 0 Å². The van der Waals surface area contributed by atoms with Crippen LogP contribution in [0.4, 0.5) is 0 Å². The standard InChI is InChI=1S/C20H23NO/c1-21(2,22)15-7-12-20-18-10-5-3-8-16(18)13-14-17-9-4-6-11-19(17)20/h3-6,8-12H,7,13-15H2,1-2H3/i1D3,2D3. The van der Waals surface area contributed by atoms with Crippen LogP contribution in [-0.4, -0.2) is 25.1 Å². The van der Waals surface area contributed by atoms with Crippen molar-refractivity contribution in [3.8, 4) is 0 Å². The highest BCUT2D eigenvalue weighted by Gasteiger charge is 2.17. The quantitative estimate of drug-likeness (QED) is 0.616. The van der Waals surface area contributed by atoms with E-state index in [2.05, 4.69) is 12.1 Å². The molecule has 0 heterocycles. The van der Waals surface area contributed by atoms with Crippen LogP contribution in [0.1, 0.15) is 36.9 Å². The van der Waals surface area contributed by atoms with Gasteiger partial charge in [0.25, 0.3) is 0 Å². The molecule has 0 N–H and O–H groups in total. The summed E-state index contributed by atoms with van der Waals surface area (Å²) in [4.78, 5) is 0. The molecule has 1 aliphatic rings. The Kier molecular flexibility index (Phi) is 2.56. The van der Waals surface area contributed by atoms with E-state index in [1.807, 2.05) is 42.5 Å². The summed E-state index contributed by atoms with van der Waals surface area (Å²) < 4.78 is 42.5. The summed E-state index contributed by atoms with van der Waals surface area (Å²) in [6.45, 7) is -6.87. The summed E-state index contributed by atoms with van der Waals surface area (Å²) in [5.41, 5.74) is 5.36. The molecule has 0 atom stereocenters. The highest BCUT2D eigenvalue weighted by Crippen LogP contribution is 2.33. The first-order valence-corrected chi connectivity index (χ1v) is 7.50. The van der Waals surface area contributed by atoms with E-state index in [0.29, 0.717) is 0 Å². The Hall–Kier alpha value is -1.90. The number of hydroxylamine groups is 3. The summed E-state index contributed by atoms with van der Waals surface area (Å²) >= 11 is 0. The summed E-state index contributed by atoms with van der Waals surface area (Å²) in [6, 6.07) is 16.0. The molecule has 0 bridgehead atoms. The fourth-order valence-corrected chi connectivity index (χ4v) is 3.03. The average molecular weight is 299 g/mol. The summed E-state index contributed by atoms with van der Waals surface area (Å²) in [7, 11) is 0. The summed E-state index contributed by atoms with van der Waals surface area (Å²) in [6.07, 6.45) is 3.64. The fourth-order valence-electron chi connectivity index (χ4n) is 3.03. The van der Waals surface area contributed by atoms with E-state index in [4.69, 9.17) is 8.22 Å². The molecule has 2 heteroatoms. The van der Waals surface area contributed by atoms with Gasteiger partial charge in [0.1, 0.15) is 0 Å². The lowest BCUT2D eigenvalue weighted by Crippen LogP contribution is -2.32. The van der Waals surface area contributed by atoms with Crippen LogP contribution in [0.25, 0.3) is 5.57 Å². The third-order valence-corrected chi connectivity index (χ3v) is 4.07. The van der Waals surface area contributed by atoms with E-state index >= 15 is 0 Å². The third kappa shape index (κ3) is 3.29. The molecule has 2 aromatic carbocycles. The van der Waals surface area contributed by atoms with Gasteiger partial charge in [-0.15, -0.1) is 0 Å². The molecular weight excluding hydrogens is 270 g/mol. The Labute approximate surface area is 141 Å². The molecule has 0 fully saturated rings. The van der Waals surface area contributed by atoms with Crippen LogP contribution in [0, 0.1) is 5.21 Å². The summed E-state index contributed by atoms with van der Waals surface area (Å²) in [5, 5.41) is 12.7. The van der Waals surface area contributed by atoms with Crippen LogP contribution in [0.15, 0.2) is 54.6 Å². The maximum absolute atomic E-state index is 12.7. The minimum atomic E-state index is -3.16. The van der Waals surface area contributed by atoms with Gasteiger partial charge in [-0.3, -0.25) is 0 Å². The monoisotopic (exact) mass is 299 g/mol. The molecule has 2 aromatic rings. The zero-order valence-electron chi connectivity index (χ0n) is 18.4. The molecule has 0 spiro atoms. The molecule has 0 aliphatic heterocycles. The Morgan fingerprint density at radius 1 is 1.00 bits per heavy atom. The van der Waals surface area contributed by atoms with Crippen LogP contribution in [-0.2, 0) is 12.8 Å².